The van der Waals surface area contributed by atoms with E-state index in [1.54, 1.807) is 32.8 Å². The van der Waals surface area contributed by atoms with Gasteiger partial charge in [-0.1, -0.05) is 83.4 Å². The number of nitrogens with zero attached hydrogens (tertiary/aromatic N) is 5. The summed E-state index contributed by atoms with van der Waals surface area (Å²) in [6.07, 6.45) is 0.667. The number of carbonyl (C=O) groups is 5. The van der Waals surface area contributed by atoms with Crippen LogP contribution in [0, 0.1) is 17.8 Å². The predicted octanol–water partition coefficient (Wildman–Crippen LogP) is 2.55. The minimum Gasteiger partial charge on any atom is -0.379 e. The molecule has 0 spiro atoms. The fourth-order valence-corrected chi connectivity index (χ4v) is 7.45. The first-order valence-corrected chi connectivity index (χ1v) is 18.8. The van der Waals surface area contributed by atoms with E-state index in [1.807, 2.05) is 58.0 Å². The summed E-state index contributed by atoms with van der Waals surface area (Å²) in [5.74, 6) is -3.14. The average molecular weight is 758 g/mol. The minimum atomic E-state index is -1.17. The highest BCUT2D eigenvalue weighted by atomic mass is 16.5. The summed E-state index contributed by atoms with van der Waals surface area (Å²) in [7, 11) is 6.25. The van der Waals surface area contributed by atoms with Crippen LogP contribution in [0.4, 0.5) is 0 Å². The van der Waals surface area contributed by atoms with Crippen LogP contribution in [0.2, 0.25) is 0 Å². The Kier molecular flexibility index (Phi) is 18.9. The van der Waals surface area contributed by atoms with Gasteiger partial charge < -0.3 is 41.0 Å². The quantitative estimate of drug-likeness (QED) is 0.0780. The number of methoxy groups -OCH3 is 2. The molecule has 302 valence electrons. The number of benzene rings is 1. The summed E-state index contributed by atoms with van der Waals surface area (Å²) in [6, 6.07) is 4.62. The highest BCUT2D eigenvalue weighted by molar-refractivity contribution is 5.91. The Morgan fingerprint density at radius 1 is 1.02 bits per heavy atom. The minimum absolute atomic E-state index is 0.0738. The number of ether oxygens (including phenoxy) is 2. The molecule has 5 amide bonds. The van der Waals surface area contributed by atoms with Crippen LogP contribution in [0.15, 0.2) is 35.4 Å². The molecule has 0 aromatic heterocycles. The van der Waals surface area contributed by atoms with E-state index in [1.165, 1.54) is 19.1 Å². The molecule has 5 N–H and O–H groups in total. The molecule has 1 heterocycles. The van der Waals surface area contributed by atoms with E-state index < -0.39 is 78.0 Å². The standard InChI is InChI=1S/C38H63N9O7/c1-11-23(4)33(46(8)38(52)32(25(6)44-45-40)43-37(51)31(41-7)22(2)3)29(53-9)21-30(48)47-19-15-18-28(47)34(54-10)24(5)36(50)42-27(35(39)49)20-26-16-13-12-14-17-26/h12-14,16-17,22-25,27-29,31-34,41H,11,15,18-21H2,1-10H3,(H2,39,49)(H,42,50)(H,43,51)/t23-,24+,25-,27-,28-,29+,31-,32-,33-,34+/m0/s1. The summed E-state index contributed by atoms with van der Waals surface area (Å²) in [5.41, 5.74) is 15.7. The van der Waals surface area contributed by atoms with Crippen molar-refractivity contribution < 1.29 is 33.4 Å². The smallest absolute Gasteiger partial charge is 0.245 e. The van der Waals surface area contributed by atoms with E-state index in [-0.39, 0.29) is 30.6 Å². The van der Waals surface area contributed by atoms with E-state index in [0.717, 1.165) is 5.56 Å². The molecule has 1 fully saturated rings. The SMILES string of the molecule is CC[C@H](C)[C@@H]([C@@H](CC(=O)N1CCC[C@H]1[C@H](OC)[C@@H](C)C(=O)N[C@@H](Cc1ccccc1)C(N)=O)OC)N(C)C(=O)[C@@H](NC(=O)[C@@H](NC)C(C)C)[C@H](C)N=[N+]=[N-]. The molecule has 0 aliphatic carbocycles. The molecule has 2 rings (SSSR count). The molecule has 0 bridgehead atoms. The normalized spacial score (nSPS) is 19.2. The number of amides is 5. The highest BCUT2D eigenvalue weighted by Gasteiger charge is 2.43. The summed E-state index contributed by atoms with van der Waals surface area (Å²) in [5, 5.41) is 12.3. The lowest BCUT2D eigenvalue weighted by Crippen LogP contribution is -2.60. The van der Waals surface area contributed by atoms with Crippen molar-refractivity contribution in [3.05, 3.63) is 46.3 Å². The van der Waals surface area contributed by atoms with Gasteiger partial charge in [-0.25, -0.2) is 0 Å². The van der Waals surface area contributed by atoms with Gasteiger partial charge in [-0.05, 0) is 42.8 Å². The number of carbonyl (C=O) groups excluding carboxylic acids is 5. The highest BCUT2D eigenvalue weighted by Crippen LogP contribution is 2.29. The molecule has 1 aromatic rings. The van der Waals surface area contributed by atoms with E-state index >= 15 is 0 Å². The fourth-order valence-electron chi connectivity index (χ4n) is 7.45. The van der Waals surface area contributed by atoms with Crippen molar-refractivity contribution in [2.24, 2.45) is 28.6 Å². The topological polar surface area (TPSA) is 221 Å². The number of nitrogens with one attached hydrogen (secondary N) is 3. The van der Waals surface area contributed by atoms with Gasteiger partial charge in [-0.2, -0.15) is 0 Å². The van der Waals surface area contributed by atoms with E-state index in [2.05, 4.69) is 26.0 Å². The Morgan fingerprint density at radius 3 is 2.19 bits per heavy atom. The van der Waals surface area contributed by atoms with Crippen LogP contribution in [0.25, 0.3) is 10.4 Å². The Morgan fingerprint density at radius 2 is 1.67 bits per heavy atom. The zero-order chi connectivity index (χ0) is 40.7. The molecule has 0 radical (unpaired) electrons. The Labute approximate surface area is 320 Å². The van der Waals surface area contributed by atoms with Gasteiger partial charge in [0.05, 0.1) is 48.7 Å². The van der Waals surface area contributed by atoms with Crippen molar-refractivity contribution in [1.82, 2.24) is 25.8 Å². The largest absolute Gasteiger partial charge is 0.379 e. The maximum atomic E-state index is 14.2. The second-order valence-electron chi connectivity index (χ2n) is 14.7. The van der Waals surface area contributed by atoms with Gasteiger partial charge in [-0.3, -0.25) is 24.0 Å². The summed E-state index contributed by atoms with van der Waals surface area (Å²) < 4.78 is 11.8. The van der Waals surface area contributed by atoms with Gasteiger partial charge in [0, 0.05) is 39.1 Å². The van der Waals surface area contributed by atoms with Gasteiger partial charge in [0.25, 0.3) is 0 Å². The van der Waals surface area contributed by atoms with Crippen molar-refractivity contribution in [2.75, 3.05) is 34.9 Å². The number of rotatable bonds is 22. The van der Waals surface area contributed by atoms with Gasteiger partial charge in [0.1, 0.15) is 12.1 Å². The molecule has 10 atom stereocenters. The van der Waals surface area contributed by atoms with Gasteiger partial charge in [-0.15, -0.1) is 0 Å². The predicted molar refractivity (Wildman–Crippen MR) is 206 cm³/mol. The summed E-state index contributed by atoms with van der Waals surface area (Å²) in [6.45, 7) is 11.4. The zero-order valence-corrected chi connectivity index (χ0v) is 33.7. The number of primary amides is 1. The van der Waals surface area contributed by atoms with Crippen LogP contribution in [0.5, 0.6) is 0 Å². The van der Waals surface area contributed by atoms with E-state index in [4.69, 9.17) is 15.2 Å². The maximum Gasteiger partial charge on any atom is 0.245 e. The molecule has 16 heteroatoms. The van der Waals surface area contributed by atoms with Gasteiger partial charge >= 0.3 is 0 Å². The number of likely N-dealkylation sites (tertiary alicyclic amines) is 1. The summed E-state index contributed by atoms with van der Waals surface area (Å²) >= 11 is 0. The van der Waals surface area contributed by atoms with Crippen molar-refractivity contribution in [3.63, 3.8) is 0 Å². The average Bonchev–Trinajstić information content (AvgIpc) is 3.63. The molecule has 0 unspecified atom stereocenters. The monoisotopic (exact) mass is 757 g/mol. The van der Waals surface area contributed by atoms with Crippen molar-refractivity contribution in [3.8, 4) is 0 Å². The van der Waals surface area contributed by atoms with Gasteiger partial charge in [0.15, 0.2) is 0 Å². The molecule has 0 saturated carbocycles. The first kappa shape index (κ1) is 45.9. The second kappa shape index (κ2) is 22.2. The van der Waals surface area contributed by atoms with Crippen LogP contribution >= 0.6 is 0 Å². The Hall–Kier alpha value is -4.24. The second-order valence-corrected chi connectivity index (χ2v) is 14.7. The first-order valence-electron chi connectivity index (χ1n) is 18.8. The van der Waals surface area contributed by atoms with Crippen LogP contribution in [0.1, 0.15) is 72.8 Å². The van der Waals surface area contributed by atoms with E-state index in [9.17, 15) is 29.5 Å². The molecule has 54 heavy (non-hydrogen) atoms. The number of hydrogen-bond acceptors (Lipinski definition) is 9. The molecular formula is C38H63N9O7. The summed E-state index contributed by atoms with van der Waals surface area (Å²) in [4.78, 5) is 73.5. The lowest BCUT2D eigenvalue weighted by Gasteiger charge is -2.41. The molecule has 1 aromatic carbocycles. The molecule has 1 aliphatic heterocycles. The number of nitrogens with two attached hydrogens (primary N) is 1. The van der Waals surface area contributed by atoms with Crippen LogP contribution < -0.4 is 21.7 Å². The van der Waals surface area contributed by atoms with Crippen LogP contribution in [0.3, 0.4) is 0 Å². The van der Waals surface area contributed by atoms with E-state index in [0.29, 0.717) is 25.8 Å². The molecular weight excluding hydrogens is 694 g/mol. The zero-order valence-electron chi connectivity index (χ0n) is 33.7. The maximum absolute atomic E-state index is 14.2. The van der Waals surface area contributed by atoms with Crippen LogP contribution in [-0.4, -0.2) is 123 Å². The third kappa shape index (κ3) is 12.1. The Balaban J connectivity index is 2.31. The van der Waals surface area contributed by atoms with Crippen LogP contribution in [-0.2, 0) is 39.9 Å². The third-order valence-corrected chi connectivity index (χ3v) is 10.7. The number of azide groups is 1. The fraction of sp³-hybridized carbons (Fsp3) is 0.711. The number of hydrogen-bond donors (Lipinski definition) is 4. The van der Waals surface area contributed by atoms with Crippen molar-refractivity contribution >= 4 is 29.5 Å². The van der Waals surface area contributed by atoms with Gasteiger partial charge in [0.2, 0.25) is 29.5 Å². The number of likely N-dealkylation sites (N-methyl/N-ethyl adjacent to an activating group) is 2. The first-order chi connectivity index (χ1) is 25.6. The van der Waals surface area contributed by atoms with Crippen molar-refractivity contribution in [1.29, 1.82) is 0 Å². The molecule has 1 aliphatic rings. The third-order valence-electron chi connectivity index (χ3n) is 10.7. The molecule has 16 nitrogen and oxygen atoms in total. The Bertz CT molecular complexity index is 1440. The lowest BCUT2D eigenvalue weighted by atomic mass is 9.89. The molecule has 1 saturated heterocycles. The lowest BCUT2D eigenvalue weighted by molar-refractivity contribution is -0.147. The van der Waals surface area contributed by atoms with Crippen molar-refractivity contribution in [2.45, 2.75) is 122 Å².